The van der Waals surface area contributed by atoms with Crippen molar-refractivity contribution in [3.63, 3.8) is 0 Å². The Bertz CT molecular complexity index is 541. The molecule has 98 valence electrons. The number of hydrogen-bond donors (Lipinski definition) is 0. The minimum Gasteiger partial charge on any atom is -0.371 e. The SMILES string of the molecule is ClCc1ccc(-c2ccccc2N2CCCC2)cc1. The summed E-state index contributed by atoms with van der Waals surface area (Å²) in [6, 6.07) is 17.3. The summed E-state index contributed by atoms with van der Waals surface area (Å²) < 4.78 is 0. The van der Waals surface area contributed by atoms with Gasteiger partial charge in [0.25, 0.3) is 0 Å². The number of anilines is 1. The molecule has 0 saturated carbocycles. The van der Waals surface area contributed by atoms with Gasteiger partial charge in [-0.1, -0.05) is 42.5 Å². The van der Waals surface area contributed by atoms with Gasteiger partial charge in [0, 0.05) is 30.2 Å². The fourth-order valence-electron chi connectivity index (χ4n) is 2.72. The second-order valence-corrected chi connectivity index (χ2v) is 5.31. The Morgan fingerprint density at radius 3 is 2.26 bits per heavy atom. The number of benzene rings is 2. The van der Waals surface area contributed by atoms with Gasteiger partial charge in [-0.05, 0) is 30.0 Å². The highest BCUT2D eigenvalue weighted by atomic mass is 35.5. The van der Waals surface area contributed by atoms with Gasteiger partial charge in [0.2, 0.25) is 0 Å². The molecule has 1 heterocycles. The molecule has 0 spiro atoms. The summed E-state index contributed by atoms with van der Waals surface area (Å²) in [5.74, 6) is 0.577. The molecule has 3 rings (SSSR count). The maximum Gasteiger partial charge on any atom is 0.0474 e. The molecule has 2 aromatic rings. The minimum absolute atomic E-state index is 0.577. The van der Waals surface area contributed by atoms with Crippen LogP contribution < -0.4 is 4.90 Å². The van der Waals surface area contributed by atoms with E-state index in [2.05, 4.69) is 53.4 Å². The van der Waals surface area contributed by atoms with Crippen LogP contribution in [0, 0.1) is 0 Å². The monoisotopic (exact) mass is 271 g/mol. The minimum atomic E-state index is 0.577. The van der Waals surface area contributed by atoms with Gasteiger partial charge in [-0.2, -0.15) is 0 Å². The van der Waals surface area contributed by atoms with Crippen molar-refractivity contribution in [2.24, 2.45) is 0 Å². The van der Waals surface area contributed by atoms with Crippen LogP contribution in [0.25, 0.3) is 11.1 Å². The van der Waals surface area contributed by atoms with Gasteiger partial charge < -0.3 is 4.90 Å². The molecule has 1 saturated heterocycles. The van der Waals surface area contributed by atoms with Crippen molar-refractivity contribution in [2.75, 3.05) is 18.0 Å². The molecule has 0 radical (unpaired) electrons. The van der Waals surface area contributed by atoms with Gasteiger partial charge in [-0.15, -0.1) is 11.6 Å². The number of hydrogen-bond acceptors (Lipinski definition) is 1. The Kier molecular flexibility index (Phi) is 3.74. The van der Waals surface area contributed by atoms with Crippen LogP contribution >= 0.6 is 11.6 Å². The smallest absolute Gasteiger partial charge is 0.0474 e. The van der Waals surface area contributed by atoms with Crippen LogP contribution in [0.1, 0.15) is 18.4 Å². The normalized spacial score (nSPS) is 14.9. The molecule has 0 aromatic heterocycles. The predicted octanol–water partition coefficient (Wildman–Crippen LogP) is 4.69. The van der Waals surface area contributed by atoms with E-state index in [4.69, 9.17) is 11.6 Å². The van der Waals surface area contributed by atoms with E-state index in [1.54, 1.807) is 0 Å². The molecule has 2 aromatic carbocycles. The average Bonchev–Trinajstić information content (AvgIpc) is 3.01. The lowest BCUT2D eigenvalue weighted by molar-refractivity contribution is 0.949. The topological polar surface area (TPSA) is 3.24 Å². The lowest BCUT2D eigenvalue weighted by Crippen LogP contribution is -2.18. The molecule has 1 fully saturated rings. The standard InChI is InChI=1S/C17H18ClN/c18-13-14-7-9-15(10-8-14)16-5-1-2-6-17(16)19-11-3-4-12-19/h1-2,5-10H,3-4,11-13H2. The quantitative estimate of drug-likeness (QED) is 0.732. The largest absolute Gasteiger partial charge is 0.371 e. The Labute approximate surface area is 119 Å². The maximum absolute atomic E-state index is 5.85. The molecular formula is C17H18ClN. The lowest BCUT2D eigenvalue weighted by atomic mass is 10.0. The van der Waals surface area contributed by atoms with Crippen molar-refractivity contribution in [1.29, 1.82) is 0 Å². The molecule has 0 amide bonds. The van der Waals surface area contributed by atoms with Gasteiger partial charge in [-0.25, -0.2) is 0 Å². The van der Waals surface area contributed by atoms with E-state index in [1.165, 1.54) is 48.3 Å². The second kappa shape index (κ2) is 5.66. The summed E-state index contributed by atoms with van der Waals surface area (Å²) in [5, 5.41) is 0. The molecule has 2 heteroatoms. The van der Waals surface area contributed by atoms with E-state index in [0.717, 1.165) is 0 Å². The highest BCUT2D eigenvalue weighted by molar-refractivity contribution is 6.17. The van der Waals surface area contributed by atoms with Crippen LogP contribution in [0.15, 0.2) is 48.5 Å². The van der Waals surface area contributed by atoms with Crippen LogP contribution in [0.2, 0.25) is 0 Å². The molecule has 0 bridgehead atoms. The van der Waals surface area contributed by atoms with Crippen LogP contribution in [0.3, 0.4) is 0 Å². The van der Waals surface area contributed by atoms with E-state index >= 15 is 0 Å². The summed E-state index contributed by atoms with van der Waals surface area (Å²) in [6.45, 7) is 2.35. The van der Waals surface area contributed by atoms with Gasteiger partial charge in [0.15, 0.2) is 0 Å². The third-order valence-corrected chi connectivity index (χ3v) is 4.08. The third-order valence-electron chi connectivity index (χ3n) is 3.77. The molecular weight excluding hydrogens is 254 g/mol. The predicted molar refractivity (Wildman–Crippen MR) is 82.9 cm³/mol. The molecule has 0 unspecified atom stereocenters. The number of para-hydroxylation sites is 1. The zero-order valence-electron chi connectivity index (χ0n) is 11.0. The molecule has 1 nitrogen and oxygen atoms in total. The summed E-state index contributed by atoms with van der Waals surface area (Å²) in [6.07, 6.45) is 2.61. The van der Waals surface area contributed by atoms with Gasteiger partial charge in [0.1, 0.15) is 0 Å². The highest BCUT2D eigenvalue weighted by Gasteiger charge is 2.15. The Balaban J connectivity index is 1.98. The summed E-state index contributed by atoms with van der Waals surface area (Å²) in [7, 11) is 0. The van der Waals surface area contributed by atoms with Gasteiger partial charge in [0.05, 0.1) is 0 Å². The maximum atomic E-state index is 5.85. The Hall–Kier alpha value is -1.47. The van der Waals surface area contributed by atoms with Crippen LogP contribution in [-0.4, -0.2) is 13.1 Å². The van der Waals surface area contributed by atoms with Crippen molar-refractivity contribution in [3.8, 4) is 11.1 Å². The molecule has 1 aliphatic heterocycles. The first kappa shape index (κ1) is 12.6. The zero-order chi connectivity index (χ0) is 13.1. The van der Waals surface area contributed by atoms with E-state index in [1.807, 2.05) is 0 Å². The average molecular weight is 272 g/mol. The van der Waals surface area contributed by atoms with E-state index < -0.39 is 0 Å². The van der Waals surface area contributed by atoms with Crippen LogP contribution in [0.4, 0.5) is 5.69 Å². The number of nitrogens with zero attached hydrogens (tertiary/aromatic N) is 1. The van der Waals surface area contributed by atoms with Crippen molar-refractivity contribution in [3.05, 3.63) is 54.1 Å². The fourth-order valence-corrected chi connectivity index (χ4v) is 2.90. The first-order chi connectivity index (χ1) is 9.38. The first-order valence-electron chi connectivity index (χ1n) is 6.88. The van der Waals surface area contributed by atoms with Crippen molar-refractivity contribution in [1.82, 2.24) is 0 Å². The van der Waals surface area contributed by atoms with Gasteiger partial charge in [-0.3, -0.25) is 0 Å². The number of alkyl halides is 1. The van der Waals surface area contributed by atoms with E-state index in [-0.39, 0.29) is 0 Å². The van der Waals surface area contributed by atoms with Gasteiger partial charge >= 0.3 is 0 Å². The van der Waals surface area contributed by atoms with Crippen LogP contribution in [0.5, 0.6) is 0 Å². The first-order valence-corrected chi connectivity index (χ1v) is 7.41. The molecule has 0 N–H and O–H groups in total. The lowest BCUT2D eigenvalue weighted by Gasteiger charge is -2.21. The molecule has 0 aliphatic carbocycles. The number of halogens is 1. The van der Waals surface area contributed by atoms with E-state index in [9.17, 15) is 0 Å². The number of rotatable bonds is 3. The summed E-state index contributed by atoms with van der Waals surface area (Å²) >= 11 is 5.85. The Morgan fingerprint density at radius 2 is 1.58 bits per heavy atom. The van der Waals surface area contributed by atoms with Crippen molar-refractivity contribution in [2.45, 2.75) is 18.7 Å². The second-order valence-electron chi connectivity index (χ2n) is 5.04. The highest BCUT2D eigenvalue weighted by Crippen LogP contribution is 2.32. The zero-order valence-corrected chi connectivity index (χ0v) is 11.7. The summed E-state index contributed by atoms with van der Waals surface area (Å²) in [4.78, 5) is 2.49. The third kappa shape index (κ3) is 2.62. The van der Waals surface area contributed by atoms with E-state index in [0.29, 0.717) is 5.88 Å². The van der Waals surface area contributed by atoms with Crippen molar-refractivity contribution < 1.29 is 0 Å². The molecule has 0 atom stereocenters. The fraction of sp³-hybridized carbons (Fsp3) is 0.294. The van der Waals surface area contributed by atoms with Crippen molar-refractivity contribution >= 4 is 17.3 Å². The van der Waals surface area contributed by atoms with Crippen LogP contribution in [-0.2, 0) is 5.88 Å². The molecule has 1 aliphatic rings. The molecule has 19 heavy (non-hydrogen) atoms. The Morgan fingerprint density at radius 1 is 0.895 bits per heavy atom. The summed E-state index contributed by atoms with van der Waals surface area (Å²) in [5.41, 5.74) is 5.13.